The van der Waals surface area contributed by atoms with E-state index in [0.29, 0.717) is 48.0 Å². The fourth-order valence-electron chi connectivity index (χ4n) is 3.20. The molecule has 0 saturated carbocycles. The highest BCUT2D eigenvalue weighted by molar-refractivity contribution is 6.33. The zero-order valence-corrected chi connectivity index (χ0v) is 18.1. The number of benzene rings is 1. The van der Waals surface area contributed by atoms with E-state index in [-0.39, 0.29) is 11.9 Å². The van der Waals surface area contributed by atoms with Crippen molar-refractivity contribution in [3.8, 4) is 11.4 Å². The van der Waals surface area contributed by atoms with Crippen molar-refractivity contribution in [1.82, 2.24) is 30.4 Å². The van der Waals surface area contributed by atoms with Crippen molar-refractivity contribution in [2.45, 2.75) is 45.3 Å². The summed E-state index contributed by atoms with van der Waals surface area (Å²) in [7, 11) is 1.49. The molecule has 0 spiro atoms. The maximum Gasteiger partial charge on any atom is 0.407 e. The third-order valence-electron chi connectivity index (χ3n) is 4.60. The smallest absolute Gasteiger partial charge is 0.407 e. The number of likely N-dealkylation sites (tertiary alicyclic amines) is 1. The fraction of sp³-hybridized carbons (Fsp3) is 0.526. The van der Waals surface area contributed by atoms with E-state index in [1.807, 2.05) is 20.8 Å². The summed E-state index contributed by atoms with van der Waals surface area (Å²) in [4.78, 5) is 26.7. The summed E-state index contributed by atoms with van der Waals surface area (Å²) in [5.41, 5.74) is 0.318. The molecular formula is C19H25ClN6O4. The van der Waals surface area contributed by atoms with Gasteiger partial charge in [-0.1, -0.05) is 11.6 Å². The Morgan fingerprint density at radius 1 is 1.23 bits per heavy atom. The van der Waals surface area contributed by atoms with E-state index in [1.54, 1.807) is 17.0 Å². The first kappa shape index (κ1) is 21.8. The molecule has 1 fully saturated rings. The van der Waals surface area contributed by atoms with Crippen LogP contribution in [0.3, 0.4) is 0 Å². The minimum absolute atomic E-state index is 0.0448. The van der Waals surface area contributed by atoms with Crippen LogP contribution in [0.15, 0.2) is 18.5 Å². The van der Waals surface area contributed by atoms with Gasteiger partial charge in [0.25, 0.3) is 5.91 Å². The first-order valence-electron chi connectivity index (χ1n) is 9.57. The summed E-state index contributed by atoms with van der Waals surface area (Å²) in [6.07, 6.45) is 2.22. The van der Waals surface area contributed by atoms with E-state index in [1.165, 1.54) is 18.1 Å². The molecule has 1 aromatic carbocycles. The minimum atomic E-state index is -0.551. The quantitative estimate of drug-likeness (QED) is 0.783. The van der Waals surface area contributed by atoms with Crippen LogP contribution in [0.1, 0.15) is 44.0 Å². The first-order chi connectivity index (χ1) is 14.2. The number of amides is 2. The van der Waals surface area contributed by atoms with Gasteiger partial charge in [0.15, 0.2) is 0 Å². The molecule has 162 valence electrons. The van der Waals surface area contributed by atoms with E-state index in [4.69, 9.17) is 21.1 Å². The Morgan fingerprint density at radius 2 is 1.93 bits per heavy atom. The number of carbonyl (C=O) groups excluding carboxylic acids is 2. The van der Waals surface area contributed by atoms with Crippen LogP contribution in [-0.4, -0.2) is 68.9 Å². The number of nitrogens with zero attached hydrogens (tertiary/aromatic N) is 5. The number of rotatable bonds is 4. The number of nitrogens with one attached hydrogen (secondary N) is 1. The van der Waals surface area contributed by atoms with Gasteiger partial charge >= 0.3 is 6.09 Å². The van der Waals surface area contributed by atoms with Gasteiger partial charge in [-0.05, 0) is 50.1 Å². The monoisotopic (exact) mass is 436 g/mol. The van der Waals surface area contributed by atoms with Crippen LogP contribution in [0, 0.1) is 0 Å². The lowest BCUT2D eigenvalue weighted by Gasteiger charge is -2.33. The molecule has 0 radical (unpaired) electrons. The summed E-state index contributed by atoms with van der Waals surface area (Å²) in [6.45, 7) is 6.44. The molecule has 2 heterocycles. The zero-order valence-electron chi connectivity index (χ0n) is 17.4. The van der Waals surface area contributed by atoms with Gasteiger partial charge in [-0.2, -0.15) is 4.68 Å². The van der Waals surface area contributed by atoms with Gasteiger partial charge in [0.1, 0.15) is 17.7 Å². The second-order valence-electron chi connectivity index (χ2n) is 7.97. The molecule has 1 aliphatic rings. The second-order valence-corrected chi connectivity index (χ2v) is 8.38. The van der Waals surface area contributed by atoms with E-state index >= 15 is 0 Å². The number of hydrogen-bond acceptors (Lipinski definition) is 7. The van der Waals surface area contributed by atoms with Gasteiger partial charge in [-0.3, -0.25) is 4.79 Å². The summed E-state index contributed by atoms with van der Waals surface area (Å²) in [5, 5.41) is 14.2. The molecule has 1 aliphatic heterocycles. The van der Waals surface area contributed by atoms with Crippen molar-refractivity contribution in [2.75, 3.05) is 20.2 Å². The molecule has 3 rings (SSSR count). The number of methoxy groups -OCH3 is 1. The Labute approximate surface area is 179 Å². The van der Waals surface area contributed by atoms with Gasteiger partial charge in [-0.25, -0.2) is 4.79 Å². The van der Waals surface area contributed by atoms with Gasteiger partial charge < -0.3 is 19.7 Å². The number of ether oxygens (including phenoxy) is 2. The number of aromatic nitrogens is 4. The standard InChI is InChI=1S/C19H25ClN6O4/c1-19(2,3)30-18(28)22-12-5-7-25(8-6-12)17(27)13-9-14(20)15(10-16(13)29-4)26-11-21-23-24-26/h9-12H,5-8H2,1-4H3,(H,22,28). The lowest BCUT2D eigenvalue weighted by molar-refractivity contribution is 0.0473. The number of tetrazole rings is 1. The highest BCUT2D eigenvalue weighted by atomic mass is 35.5. The summed E-state index contributed by atoms with van der Waals surface area (Å²) >= 11 is 6.36. The number of alkyl carbamates (subject to hydrolysis) is 1. The largest absolute Gasteiger partial charge is 0.496 e. The molecule has 1 N–H and O–H groups in total. The summed E-state index contributed by atoms with van der Waals surface area (Å²) in [5.74, 6) is 0.191. The van der Waals surface area contributed by atoms with Crippen LogP contribution in [-0.2, 0) is 4.74 Å². The topological polar surface area (TPSA) is 111 Å². The van der Waals surface area contributed by atoms with Gasteiger partial charge in [-0.15, -0.1) is 5.10 Å². The molecule has 2 aromatic rings. The second kappa shape index (κ2) is 8.86. The lowest BCUT2D eigenvalue weighted by atomic mass is 10.0. The van der Waals surface area contributed by atoms with Gasteiger partial charge in [0, 0.05) is 25.2 Å². The van der Waals surface area contributed by atoms with Crippen molar-refractivity contribution in [1.29, 1.82) is 0 Å². The Hall–Kier alpha value is -2.88. The normalized spacial score (nSPS) is 15.0. The first-order valence-corrected chi connectivity index (χ1v) is 9.95. The van der Waals surface area contributed by atoms with Crippen LogP contribution in [0.5, 0.6) is 5.75 Å². The number of halogens is 1. The zero-order chi connectivity index (χ0) is 21.9. The number of piperidine rings is 1. The number of hydrogen-bond donors (Lipinski definition) is 1. The van der Waals surface area contributed by atoms with Crippen molar-refractivity contribution < 1.29 is 19.1 Å². The Kier molecular flexibility index (Phi) is 6.45. The maximum absolute atomic E-state index is 13.1. The molecule has 0 aliphatic carbocycles. The van der Waals surface area contributed by atoms with E-state index in [2.05, 4.69) is 20.8 Å². The summed E-state index contributed by atoms with van der Waals surface area (Å²) < 4.78 is 12.1. The molecule has 1 saturated heterocycles. The third-order valence-corrected chi connectivity index (χ3v) is 4.90. The molecule has 0 atom stereocenters. The van der Waals surface area contributed by atoms with Crippen molar-refractivity contribution in [3.05, 3.63) is 29.0 Å². The third kappa shape index (κ3) is 5.18. The van der Waals surface area contributed by atoms with E-state index in [0.717, 1.165) is 0 Å². The van der Waals surface area contributed by atoms with Gasteiger partial charge in [0.2, 0.25) is 0 Å². The highest BCUT2D eigenvalue weighted by Crippen LogP contribution is 2.30. The summed E-state index contributed by atoms with van der Waals surface area (Å²) in [6, 6.07) is 3.14. The van der Waals surface area contributed by atoms with E-state index in [9.17, 15) is 9.59 Å². The van der Waals surface area contributed by atoms with Crippen molar-refractivity contribution in [3.63, 3.8) is 0 Å². The van der Waals surface area contributed by atoms with Crippen LogP contribution < -0.4 is 10.1 Å². The van der Waals surface area contributed by atoms with E-state index < -0.39 is 11.7 Å². The molecule has 11 heteroatoms. The van der Waals surface area contributed by atoms with Crippen LogP contribution in [0.2, 0.25) is 5.02 Å². The molecule has 0 bridgehead atoms. The molecule has 0 unspecified atom stereocenters. The molecule has 10 nitrogen and oxygen atoms in total. The molecule has 1 aromatic heterocycles. The molecule has 2 amide bonds. The Bertz CT molecular complexity index is 904. The average Bonchev–Trinajstić information content (AvgIpc) is 3.21. The fourth-order valence-corrected chi connectivity index (χ4v) is 3.45. The lowest BCUT2D eigenvalue weighted by Crippen LogP contribution is -2.47. The Balaban J connectivity index is 1.66. The molecule has 30 heavy (non-hydrogen) atoms. The molecular weight excluding hydrogens is 412 g/mol. The Morgan fingerprint density at radius 3 is 2.50 bits per heavy atom. The van der Waals surface area contributed by atoms with Crippen molar-refractivity contribution >= 4 is 23.6 Å². The van der Waals surface area contributed by atoms with Crippen LogP contribution in [0.4, 0.5) is 4.79 Å². The minimum Gasteiger partial charge on any atom is -0.496 e. The average molecular weight is 437 g/mol. The highest BCUT2D eigenvalue weighted by Gasteiger charge is 2.28. The SMILES string of the molecule is COc1cc(-n2cnnn2)c(Cl)cc1C(=O)N1CCC(NC(=O)OC(C)(C)C)CC1. The van der Waals surface area contributed by atoms with Crippen molar-refractivity contribution in [2.24, 2.45) is 0 Å². The van der Waals surface area contributed by atoms with Gasteiger partial charge in [0.05, 0.1) is 23.4 Å². The predicted molar refractivity (Wildman–Crippen MR) is 109 cm³/mol. The maximum atomic E-state index is 13.1. The predicted octanol–water partition coefficient (Wildman–Crippen LogP) is 2.45. The van der Waals surface area contributed by atoms with Crippen LogP contribution >= 0.6 is 11.6 Å². The number of carbonyl (C=O) groups is 2. The van der Waals surface area contributed by atoms with Crippen LogP contribution in [0.25, 0.3) is 5.69 Å².